The molecular weight excluding hydrogens is 280 g/mol. The number of nitrogens with one attached hydrogen (secondary N) is 1. The summed E-state index contributed by atoms with van der Waals surface area (Å²) < 4.78 is 0. The third-order valence-electron chi connectivity index (χ3n) is 3.81. The number of benzene rings is 1. The van der Waals surface area contributed by atoms with Gasteiger partial charge in [0.25, 0.3) is 0 Å². The summed E-state index contributed by atoms with van der Waals surface area (Å²) in [6, 6.07) is 7.66. The van der Waals surface area contributed by atoms with E-state index >= 15 is 0 Å². The van der Waals surface area contributed by atoms with Gasteiger partial charge < -0.3 is 15.3 Å². The van der Waals surface area contributed by atoms with Gasteiger partial charge in [-0.2, -0.15) is 0 Å². The third-order valence-corrected chi connectivity index (χ3v) is 3.81. The van der Waals surface area contributed by atoms with E-state index in [1.54, 1.807) is 0 Å². The second kappa shape index (κ2) is 6.11. The summed E-state index contributed by atoms with van der Waals surface area (Å²) in [5.74, 6) is -0.421. The first kappa shape index (κ1) is 14.5. The number of anilines is 1. The summed E-state index contributed by atoms with van der Waals surface area (Å²) >= 11 is 0. The Balaban J connectivity index is 2.09. The molecule has 22 heavy (non-hydrogen) atoms. The van der Waals surface area contributed by atoms with Crippen LogP contribution in [0.2, 0.25) is 0 Å². The monoisotopic (exact) mass is 298 g/mol. The van der Waals surface area contributed by atoms with Gasteiger partial charge in [0.05, 0.1) is 5.69 Å². The first-order valence-corrected chi connectivity index (χ1v) is 7.29. The molecule has 0 radical (unpaired) electrons. The molecule has 2 N–H and O–H groups in total. The van der Waals surface area contributed by atoms with Crippen molar-refractivity contribution in [1.29, 1.82) is 0 Å². The number of hydrogen-bond donors (Lipinski definition) is 2. The summed E-state index contributed by atoms with van der Waals surface area (Å²) in [6.07, 6.45) is 1.41. The van der Waals surface area contributed by atoms with Crippen LogP contribution in [0.4, 0.5) is 5.95 Å². The van der Waals surface area contributed by atoms with Crippen LogP contribution in [-0.4, -0.2) is 47.2 Å². The van der Waals surface area contributed by atoms with Gasteiger partial charge >= 0.3 is 5.97 Å². The molecular formula is C16H18N4O2. The van der Waals surface area contributed by atoms with Gasteiger partial charge in [0.2, 0.25) is 5.95 Å². The van der Waals surface area contributed by atoms with E-state index in [1.165, 1.54) is 6.20 Å². The maximum Gasteiger partial charge on any atom is 0.339 e. The summed E-state index contributed by atoms with van der Waals surface area (Å²) in [6.45, 7) is 5.35. The Morgan fingerprint density at radius 1 is 1.27 bits per heavy atom. The van der Waals surface area contributed by atoms with Crippen molar-refractivity contribution < 1.29 is 9.90 Å². The summed E-state index contributed by atoms with van der Waals surface area (Å²) in [5, 5.41) is 12.7. The highest BCUT2D eigenvalue weighted by molar-refractivity contribution is 5.95. The van der Waals surface area contributed by atoms with Crippen molar-refractivity contribution in [3.63, 3.8) is 0 Å². The SMILES string of the molecule is Cc1ccccc1-c1nc(N2CCNCC2)ncc1C(=O)O. The molecule has 2 heterocycles. The number of hydrogen-bond acceptors (Lipinski definition) is 5. The van der Waals surface area contributed by atoms with Gasteiger partial charge in [0.15, 0.2) is 0 Å². The summed E-state index contributed by atoms with van der Waals surface area (Å²) in [5.41, 5.74) is 2.44. The van der Waals surface area contributed by atoms with Gasteiger partial charge in [0, 0.05) is 37.9 Å². The van der Waals surface area contributed by atoms with Crippen LogP contribution in [0.1, 0.15) is 15.9 Å². The van der Waals surface area contributed by atoms with E-state index in [4.69, 9.17) is 0 Å². The molecule has 0 spiro atoms. The zero-order valence-corrected chi connectivity index (χ0v) is 12.4. The Labute approximate surface area is 128 Å². The highest BCUT2D eigenvalue weighted by Crippen LogP contribution is 2.26. The molecule has 0 aliphatic carbocycles. The molecule has 114 valence electrons. The predicted octanol–water partition coefficient (Wildman–Crippen LogP) is 1.56. The van der Waals surface area contributed by atoms with Crippen molar-refractivity contribution in [1.82, 2.24) is 15.3 Å². The largest absolute Gasteiger partial charge is 0.478 e. The number of carbonyl (C=O) groups is 1. The summed E-state index contributed by atoms with van der Waals surface area (Å²) in [4.78, 5) is 22.4. The Kier molecular flexibility index (Phi) is 4.02. The lowest BCUT2D eigenvalue weighted by Crippen LogP contribution is -2.44. The number of aryl methyl sites for hydroxylation is 1. The second-order valence-electron chi connectivity index (χ2n) is 5.29. The van der Waals surface area contributed by atoms with Crippen LogP contribution >= 0.6 is 0 Å². The quantitative estimate of drug-likeness (QED) is 0.895. The van der Waals surface area contributed by atoms with Crippen molar-refractivity contribution in [2.45, 2.75) is 6.92 Å². The van der Waals surface area contributed by atoms with Crippen molar-refractivity contribution in [2.75, 3.05) is 31.1 Å². The highest BCUT2D eigenvalue weighted by Gasteiger charge is 2.20. The minimum atomic E-state index is -1.01. The minimum Gasteiger partial charge on any atom is -0.478 e. The lowest BCUT2D eigenvalue weighted by Gasteiger charge is -2.27. The molecule has 0 unspecified atom stereocenters. The number of aromatic carboxylic acids is 1. The molecule has 1 aliphatic heterocycles. The van der Waals surface area contributed by atoms with E-state index in [2.05, 4.69) is 20.2 Å². The maximum atomic E-state index is 11.5. The van der Waals surface area contributed by atoms with Crippen molar-refractivity contribution in [3.8, 4) is 11.3 Å². The van der Waals surface area contributed by atoms with Crippen LogP contribution in [0, 0.1) is 6.92 Å². The zero-order chi connectivity index (χ0) is 15.5. The van der Waals surface area contributed by atoms with Gasteiger partial charge in [-0.1, -0.05) is 24.3 Å². The molecule has 0 bridgehead atoms. The molecule has 1 aromatic heterocycles. The van der Waals surface area contributed by atoms with Gasteiger partial charge in [-0.15, -0.1) is 0 Å². The fourth-order valence-corrected chi connectivity index (χ4v) is 2.59. The lowest BCUT2D eigenvalue weighted by molar-refractivity contribution is 0.0697. The molecule has 6 nitrogen and oxygen atoms in total. The lowest BCUT2D eigenvalue weighted by atomic mass is 10.0. The predicted molar refractivity (Wildman–Crippen MR) is 84.2 cm³/mol. The normalized spacial score (nSPS) is 14.9. The second-order valence-corrected chi connectivity index (χ2v) is 5.29. The molecule has 1 aromatic carbocycles. The Morgan fingerprint density at radius 3 is 2.68 bits per heavy atom. The first-order valence-electron chi connectivity index (χ1n) is 7.29. The molecule has 1 aliphatic rings. The average molecular weight is 298 g/mol. The Morgan fingerprint density at radius 2 is 2.00 bits per heavy atom. The van der Waals surface area contributed by atoms with Gasteiger partial charge in [-0.05, 0) is 12.5 Å². The number of carboxylic acid groups (broad SMARTS) is 1. The van der Waals surface area contributed by atoms with Gasteiger partial charge in [-0.3, -0.25) is 0 Å². The van der Waals surface area contributed by atoms with E-state index in [0.29, 0.717) is 11.6 Å². The molecule has 0 atom stereocenters. The van der Waals surface area contributed by atoms with Crippen molar-refractivity contribution >= 4 is 11.9 Å². The molecule has 0 saturated carbocycles. The van der Waals surface area contributed by atoms with E-state index in [-0.39, 0.29) is 5.56 Å². The van der Waals surface area contributed by atoms with Crippen LogP contribution < -0.4 is 10.2 Å². The van der Waals surface area contributed by atoms with Crippen LogP contribution in [0.5, 0.6) is 0 Å². The fourth-order valence-electron chi connectivity index (χ4n) is 2.59. The molecule has 6 heteroatoms. The number of carboxylic acids is 1. The molecule has 0 amide bonds. The summed E-state index contributed by atoms with van der Waals surface area (Å²) in [7, 11) is 0. The maximum absolute atomic E-state index is 11.5. The van der Waals surface area contributed by atoms with Gasteiger partial charge in [0.1, 0.15) is 5.56 Å². The van der Waals surface area contributed by atoms with E-state index in [0.717, 1.165) is 37.3 Å². The first-order chi connectivity index (χ1) is 10.7. The number of piperazine rings is 1. The van der Waals surface area contributed by atoms with Crippen LogP contribution in [0.3, 0.4) is 0 Å². The van der Waals surface area contributed by atoms with Crippen LogP contribution in [0.15, 0.2) is 30.5 Å². The third kappa shape index (κ3) is 2.78. The average Bonchev–Trinajstić information content (AvgIpc) is 2.55. The number of aromatic nitrogens is 2. The highest BCUT2D eigenvalue weighted by atomic mass is 16.4. The fraction of sp³-hybridized carbons (Fsp3) is 0.312. The molecule has 2 aromatic rings. The minimum absolute atomic E-state index is 0.133. The zero-order valence-electron chi connectivity index (χ0n) is 12.4. The van der Waals surface area contributed by atoms with Crippen molar-refractivity contribution in [3.05, 3.63) is 41.6 Å². The van der Waals surface area contributed by atoms with E-state index in [1.807, 2.05) is 31.2 Å². The number of rotatable bonds is 3. The standard InChI is InChI=1S/C16H18N4O2/c1-11-4-2-3-5-12(11)14-13(15(21)22)10-18-16(19-14)20-8-6-17-7-9-20/h2-5,10,17H,6-9H2,1H3,(H,21,22). The topological polar surface area (TPSA) is 78.4 Å². The number of nitrogens with zero attached hydrogens (tertiary/aromatic N) is 3. The molecule has 1 fully saturated rings. The smallest absolute Gasteiger partial charge is 0.339 e. The van der Waals surface area contributed by atoms with Gasteiger partial charge in [-0.25, -0.2) is 14.8 Å². The van der Waals surface area contributed by atoms with E-state index in [9.17, 15) is 9.90 Å². The Bertz CT molecular complexity index is 696. The van der Waals surface area contributed by atoms with Crippen molar-refractivity contribution in [2.24, 2.45) is 0 Å². The van der Waals surface area contributed by atoms with Crippen LogP contribution in [-0.2, 0) is 0 Å². The molecule has 3 rings (SSSR count). The van der Waals surface area contributed by atoms with E-state index < -0.39 is 5.97 Å². The Hall–Kier alpha value is -2.47. The van der Waals surface area contributed by atoms with Crippen LogP contribution in [0.25, 0.3) is 11.3 Å². The molecule has 1 saturated heterocycles.